The molecule has 0 aliphatic heterocycles. The minimum atomic E-state index is 0.163. The molecule has 0 saturated heterocycles. The molecule has 0 bridgehead atoms. The summed E-state index contributed by atoms with van der Waals surface area (Å²) < 4.78 is 2.12. The van der Waals surface area contributed by atoms with Crippen molar-refractivity contribution < 1.29 is 0 Å². The normalized spacial score (nSPS) is 17.0. The predicted molar refractivity (Wildman–Crippen MR) is 109 cm³/mol. The van der Waals surface area contributed by atoms with Crippen molar-refractivity contribution in [3.8, 4) is 11.3 Å². The Kier molecular flexibility index (Phi) is 3.42. The van der Waals surface area contributed by atoms with Gasteiger partial charge in [0.25, 0.3) is 0 Å². The summed E-state index contributed by atoms with van der Waals surface area (Å²) in [6.07, 6.45) is 8.72. The molecule has 2 aromatic heterocycles. The van der Waals surface area contributed by atoms with Crippen LogP contribution in [0.15, 0.2) is 60.9 Å². The molecule has 0 N–H and O–H groups in total. The van der Waals surface area contributed by atoms with Gasteiger partial charge in [-0.05, 0) is 30.4 Å². The van der Waals surface area contributed by atoms with Crippen molar-refractivity contribution >= 4 is 5.65 Å². The first-order chi connectivity index (χ1) is 13.8. The molecule has 2 heterocycles. The summed E-state index contributed by atoms with van der Waals surface area (Å²) in [6, 6.07) is 19.3. The highest BCUT2D eigenvalue weighted by atomic mass is 15.2. The molecule has 6 rings (SSSR count). The van der Waals surface area contributed by atoms with Crippen molar-refractivity contribution in [3.63, 3.8) is 0 Å². The van der Waals surface area contributed by atoms with E-state index in [1.807, 2.05) is 6.33 Å². The van der Waals surface area contributed by atoms with Crippen LogP contribution >= 0.6 is 0 Å². The first-order valence-corrected chi connectivity index (χ1v) is 10.2. The van der Waals surface area contributed by atoms with E-state index in [0.717, 1.165) is 30.0 Å². The maximum Gasteiger partial charge on any atom is 0.168 e. The maximum atomic E-state index is 5.25. The summed E-state index contributed by atoms with van der Waals surface area (Å²) in [6.45, 7) is 0. The SMILES string of the molecule is c1ccc(Cc2nc3c(c4nncn24)C2(CCCC2)Cc2ccccc2-3)cc1. The van der Waals surface area contributed by atoms with Crippen LogP contribution in [-0.4, -0.2) is 19.6 Å². The third kappa shape index (κ3) is 2.27. The monoisotopic (exact) mass is 366 g/mol. The van der Waals surface area contributed by atoms with E-state index in [4.69, 9.17) is 4.98 Å². The highest BCUT2D eigenvalue weighted by Crippen LogP contribution is 2.52. The molecule has 0 unspecified atom stereocenters. The lowest BCUT2D eigenvalue weighted by molar-refractivity contribution is 0.433. The van der Waals surface area contributed by atoms with Gasteiger partial charge in [0.05, 0.1) is 5.69 Å². The van der Waals surface area contributed by atoms with Gasteiger partial charge < -0.3 is 0 Å². The Bertz CT molecular complexity index is 1170. The van der Waals surface area contributed by atoms with Crippen LogP contribution in [0.2, 0.25) is 0 Å². The maximum absolute atomic E-state index is 5.25. The molecule has 0 amide bonds. The molecule has 2 aromatic carbocycles. The summed E-state index contributed by atoms with van der Waals surface area (Å²) in [4.78, 5) is 5.25. The number of hydrogen-bond acceptors (Lipinski definition) is 3. The van der Waals surface area contributed by atoms with Gasteiger partial charge in [-0.15, -0.1) is 10.2 Å². The smallest absolute Gasteiger partial charge is 0.168 e. The lowest BCUT2D eigenvalue weighted by atomic mass is 9.68. The first-order valence-electron chi connectivity index (χ1n) is 10.2. The van der Waals surface area contributed by atoms with Gasteiger partial charge in [0.15, 0.2) is 5.65 Å². The summed E-state index contributed by atoms with van der Waals surface area (Å²) >= 11 is 0. The third-order valence-corrected chi connectivity index (χ3v) is 6.62. The lowest BCUT2D eigenvalue weighted by Crippen LogP contribution is -2.31. The van der Waals surface area contributed by atoms with Crippen molar-refractivity contribution in [3.05, 3.63) is 83.4 Å². The van der Waals surface area contributed by atoms with Gasteiger partial charge in [0.1, 0.15) is 12.2 Å². The number of hydrogen-bond donors (Lipinski definition) is 0. The zero-order valence-electron chi connectivity index (χ0n) is 15.8. The summed E-state index contributed by atoms with van der Waals surface area (Å²) in [7, 11) is 0. The van der Waals surface area contributed by atoms with Gasteiger partial charge in [-0.1, -0.05) is 67.4 Å². The van der Waals surface area contributed by atoms with E-state index < -0.39 is 0 Å². The molecule has 2 aliphatic carbocycles. The van der Waals surface area contributed by atoms with Crippen LogP contribution in [0.1, 0.15) is 48.2 Å². The van der Waals surface area contributed by atoms with Crippen LogP contribution in [0.25, 0.3) is 16.9 Å². The van der Waals surface area contributed by atoms with E-state index in [0.29, 0.717) is 0 Å². The minimum absolute atomic E-state index is 0.163. The standard InChI is InChI=1S/C24H22N4/c1-2-8-17(9-3-1)14-20-26-22-19-11-5-4-10-18(19)15-24(12-6-7-13-24)21(22)23-27-25-16-28(20)23/h1-5,8-11,16H,6-7,12-15H2. The van der Waals surface area contributed by atoms with Gasteiger partial charge in [-0.3, -0.25) is 4.40 Å². The van der Waals surface area contributed by atoms with E-state index >= 15 is 0 Å². The van der Waals surface area contributed by atoms with Crippen molar-refractivity contribution in [1.82, 2.24) is 19.6 Å². The van der Waals surface area contributed by atoms with Crippen molar-refractivity contribution in [2.24, 2.45) is 0 Å². The average Bonchev–Trinajstić information content (AvgIpc) is 3.39. The largest absolute Gasteiger partial charge is 0.269 e. The minimum Gasteiger partial charge on any atom is -0.269 e. The van der Waals surface area contributed by atoms with E-state index in [-0.39, 0.29) is 5.41 Å². The second-order valence-corrected chi connectivity index (χ2v) is 8.26. The highest BCUT2D eigenvalue weighted by molar-refractivity contribution is 5.77. The summed E-state index contributed by atoms with van der Waals surface area (Å²) in [5.74, 6) is 1.01. The Labute approximate surface area is 164 Å². The van der Waals surface area contributed by atoms with Gasteiger partial charge in [0, 0.05) is 23.0 Å². The molecular weight excluding hydrogens is 344 g/mol. The Hall–Kier alpha value is -3.01. The van der Waals surface area contributed by atoms with Crippen LogP contribution in [-0.2, 0) is 18.3 Å². The molecule has 4 nitrogen and oxygen atoms in total. The summed E-state index contributed by atoms with van der Waals surface area (Å²) in [5, 5.41) is 8.89. The molecule has 4 heteroatoms. The molecule has 4 aromatic rings. The average molecular weight is 366 g/mol. The van der Waals surface area contributed by atoms with Crippen LogP contribution in [0.3, 0.4) is 0 Å². The molecule has 28 heavy (non-hydrogen) atoms. The first kappa shape index (κ1) is 16.0. The molecule has 1 fully saturated rings. The number of fused-ring (bicyclic) bond motifs is 6. The van der Waals surface area contributed by atoms with Gasteiger partial charge in [-0.25, -0.2) is 4.98 Å². The Morgan fingerprint density at radius 3 is 2.57 bits per heavy atom. The fourth-order valence-electron chi connectivity index (χ4n) is 5.36. The fraction of sp³-hybridized carbons (Fsp3) is 0.292. The molecular formula is C24H22N4. The summed E-state index contributed by atoms with van der Waals surface area (Å²) in [5.41, 5.74) is 7.59. The van der Waals surface area contributed by atoms with E-state index in [1.54, 1.807) is 0 Å². The Morgan fingerprint density at radius 2 is 1.71 bits per heavy atom. The van der Waals surface area contributed by atoms with Crippen LogP contribution in [0, 0.1) is 0 Å². The molecule has 1 saturated carbocycles. The zero-order valence-corrected chi connectivity index (χ0v) is 15.8. The second-order valence-electron chi connectivity index (χ2n) is 8.26. The van der Waals surface area contributed by atoms with E-state index in [9.17, 15) is 0 Å². The van der Waals surface area contributed by atoms with Gasteiger partial charge >= 0.3 is 0 Å². The number of aromatic nitrogens is 4. The number of benzene rings is 2. The van der Waals surface area contributed by atoms with Crippen LogP contribution in [0.4, 0.5) is 0 Å². The van der Waals surface area contributed by atoms with E-state index in [1.165, 1.54) is 47.9 Å². The lowest BCUT2D eigenvalue weighted by Gasteiger charge is -2.36. The fourth-order valence-corrected chi connectivity index (χ4v) is 5.36. The van der Waals surface area contributed by atoms with Crippen molar-refractivity contribution in [1.29, 1.82) is 0 Å². The van der Waals surface area contributed by atoms with Crippen LogP contribution in [0.5, 0.6) is 0 Å². The molecule has 1 spiro atoms. The molecule has 0 atom stereocenters. The Morgan fingerprint density at radius 1 is 0.929 bits per heavy atom. The third-order valence-electron chi connectivity index (χ3n) is 6.62. The zero-order chi connectivity index (χ0) is 18.6. The van der Waals surface area contributed by atoms with Gasteiger partial charge in [0.2, 0.25) is 0 Å². The quantitative estimate of drug-likeness (QED) is 0.514. The topological polar surface area (TPSA) is 43.1 Å². The molecule has 2 aliphatic rings. The van der Waals surface area contributed by atoms with E-state index in [2.05, 4.69) is 69.2 Å². The van der Waals surface area contributed by atoms with Gasteiger partial charge in [-0.2, -0.15) is 0 Å². The predicted octanol–water partition coefficient (Wildman–Crippen LogP) is 4.75. The Balaban J connectivity index is 1.64. The molecule has 138 valence electrons. The highest BCUT2D eigenvalue weighted by Gasteiger charge is 2.44. The number of nitrogens with zero attached hydrogens (tertiary/aromatic N) is 4. The van der Waals surface area contributed by atoms with Crippen LogP contribution < -0.4 is 0 Å². The number of rotatable bonds is 2. The second kappa shape index (κ2) is 5.99. The van der Waals surface area contributed by atoms with Crippen molar-refractivity contribution in [2.75, 3.05) is 0 Å². The van der Waals surface area contributed by atoms with Crippen molar-refractivity contribution in [2.45, 2.75) is 43.9 Å². The molecule has 0 radical (unpaired) electrons.